The quantitative estimate of drug-likeness (QED) is 0.752. The Bertz CT molecular complexity index is 724. The second kappa shape index (κ2) is 5.52. The van der Waals surface area contributed by atoms with Crippen molar-refractivity contribution in [2.24, 2.45) is 17.8 Å². The summed E-state index contributed by atoms with van der Waals surface area (Å²) in [7, 11) is 2.13. The van der Waals surface area contributed by atoms with E-state index in [4.69, 9.17) is 5.73 Å². The molecule has 0 amide bonds. The van der Waals surface area contributed by atoms with Gasteiger partial charge >= 0.3 is 0 Å². The van der Waals surface area contributed by atoms with E-state index in [2.05, 4.69) is 48.3 Å². The summed E-state index contributed by atoms with van der Waals surface area (Å²) >= 11 is 0. The van der Waals surface area contributed by atoms with Crippen molar-refractivity contribution in [3.05, 3.63) is 54.1 Å². The molecule has 2 aromatic carbocycles. The summed E-state index contributed by atoms with van der Waals surface area (Å²) in [5.74, 6) is 3.01. The van der Waals surface area contributed by atoms with Crippen LogP contribution in [0.5, 0.6) is 0 Å². The van der Waals surface area contributed by atoms with Crippen molar-refractivity contribution < 1.29 is 0 Å². The minimum Gasteiger partial charge on any atom is -0.399 e. The van der Waals surface area contributed by atoms with Crippen LogP contribution in [0.15, 0.2) is 48.5 Å². The lowest BCUT2D eigenvalue weighted by atomic mass is 9.48. The highest BCUT2D eigenvalue weighted by Gasteiger charge is 2.51. The number of hydrogen-bond acceptors (Lipinski definition) is 2. The fourth-order valence-corrected chi connectivity index (χ4v) is 6.35. The molecule has 2 nitrogen and oxygen atoms in total. The lowest BCUT2D eigenvalue weighted by molar-refractivity contribution is -0.00518. The van der Waals surface area contributed by atoms with E-state index in [-0.39, 0.29) is 0 Å². The molecular weight excluding hydrogens is 304 g/mol. The Balaban J connectivity index is 1.41. The number of nitrogen functional groups attached to an aromatic ring is 1. The maximum atomic E-state index is 5.81. The lowest BCUT2D eigenvalue weighted by Gasteiger charge is -2.57. The maximum Gasteiger partial charge on any atom is 0.0409 e. The van der Waals surface area contributed by atoms with E-state index in [1.807, 2.05) is 12.1 Å². The predicted octanol–water partition coefficient (Wildman–Crippen LogP) is 5.50. The molecule has 2 aromatic rings. The molecule has 4 saturated carbocycles. The molecule has 6 rings (SSSR count). The van der Waals surface area contributed by atoms with Crippen molar-refractivity contribution in [3.63, 3.8) is 0 Å². The summed E-state index contributed by atoms with van der Waals surface area (Å²) in [5, 5.41) is 0. The molecule has 25 heavy (non-hydrogen) atoms. The van der Waals surface area contributed by atoms with E-state index in [1.54, 1.807) is 5.56 Å². The Labute approximate surface area is 151 Å². The summed E-state index contributed by atoms with van der Waals surface area (Å²) in [6.45, 7) is 0. The van der Waals surface area contributed by atoms with E-state index in [1.165, 1.54) is 49.9 Å². The summed E-state index contributed by atoms with van der Waals surface area (Å²) in [5.41, 5.74) is 11.1. The minimum absolute atomic E-state index is 0.493. The van der Waals surface area contributed by atoms with Gasteiger partial charge in [-0.1, -0.05) is 12.1 Å². The smallest absolute Gasteiger partial charge is 0.0409 e. The van der Waals surface area contributed by atoms with Crippen LogP contribution in [0.4, 0.5) is 17.1 Å². The average molecular weight is 332 g/mol. The van der Waals surface area contributed by atoms with Crippen molar-refractivity contribution in [3.8, 4) is 0 Å². The summed E-state index contributed by atoms with van der Waals surface area (Å²) in [4.78, 5) is 2.24. The normalized spacial score (nSPS) is 32.8. The Morgan fingerprint density at radius 3 is 1.68 bits per heavy atom. The van der Waals surface area contributed by atoms with Crippen LogP contribution in [0.3, 0.4) is 0 Å². The van der Waals surface area contributed by atoms with E-state index < -0.39 is 0 Å². The fourth-order valence-electron chi connectivity index (χ4n) is 6.35. The Morgan fingerprint density at radius 1 is 0.760 bits per heavy atom. The number of nitrogens with zero attached hydrogens (tertiary/aromatic N) is 1. The Morgan fingerprint density at radius 2 is 1.20 bits per heavy atom. The number of benzene rings is 2. The maximum absolute atomic E-state index is 5.81. The molecule has 2 N–H and O–H groups in total. The van der Waals surface area contributed by atoms with Crippen LogP contribution in [0, 0.1) is 17.8 Å². The zero-order chi connectivity index (χ0) is 17.0. The number of anilines is 3. The van der Waals surface area contributed by atoms with Gasteiger partial charge in [0.2, 0.25) is 0 Å². The van der Waals surface area contributed by atoms with E-state index in [9.17, 15) is 0 Å². The Kier molecular flexibility index (Phi) is 3.38. The van der Waals surface area contributed by atoms with Crippen LogP contribution < -0.4 is 10.6 Å². The fraction of sp³-hybridized carbons (Fsp3) is 0.478. The highest BCUT2D eigenvalue weighted by atomic mass is 15.1. The van der Waals surface area contributed by atoms with Crippen LogP contribution in [-0.2, 0) is 5.41 Å². The molecule has 0 radical (unpaired) electrons. The second-order valence-electron chi connectivity index (χ2n) is 8.90. The third-order valence-corrected chi connectivity index (χ3v) is 7.19. The third kappa shape index (κ3) is 2.54. The molecule has 0 heterocycles. The average Bonchev–Trinajstić information content (AvgIpc) is 2.61. The zero-order valence-electron chi connectivity index (χ0n) is 15.1. The molecule has 130 valence electrons. The van der Waals surface area contributed by atoms with Gasteiger partial charge < -0.3 is 10.6 Å². The summed E-state index contributed by atoms with van der Waals surface area (Å²) in [6, 6.07) is 17.6. The highest BCUT2D eigenvalue weighted by molar-refractivity contribution is 5.64. The van der Waals surface area contributed by atoms with Crippen LogP contribution >= 0.6 is 0 Å². The topological polar surface area (TPSA) is 29.3 Å². The van der Waals surface area contributed by atoms with E-state index >= 15 is 0 Å². The van der Waals surface area contributed by atoms with Crippen LogP contribution in [0.1, 0.15) is 44.1 Å². The van der Waals surface area contributed by atoms with Gasteiger partial charge in [-0.05, 0) is 104 Å². The van der Waals surface area contributed by atoms with Gasteiger partial charge in [0.25, 0.3) is 0 Å². The zero-order valence-corrected chi connectivity index (χ0v) is 15.1. The molecule has 0 unspecified atom stereocenters. The largest absolute Gasteiger partial charge is 0.399 e. The molecule has 4 bridgehead atoms. The van der Waals surface area contributed by atoms with Gasteiger partial charge in [-0.25, -0.2) is 0 Å². The van der Waals surface area contributed by atoms with Crippen LogP contribution in [0.25, 0.3) is 0 Å². The van der Waals surface area contributed by atoms with Crippen molar-refractivity contribution in [2.75, 3.05) is 17.7 Å². The third-order valence-electron chi connectivity index (χ3n) is 7.19. The first-order valence-corrected chi connectivity index (χ1v) is 9.81. The second-order valence-corrected chi connectivity index (χ2v) is 8.90. The molecule has 4 aliphatic rings. The van der Waals surface area contributed by atoms with Gasteiger partial charge in [-0.2, -0.15) is 0 Å². The van der Waals surface area contributed by atoms with Crippen molar-refractivity contribution in [2.45, 2.75) is 43.9 Å². The summed E-state index contributed by atoms with van der Waals surface area (Å²) < 4.78 is 0. The molecule has 4 aliphatic carbocycles. The van der Waals surface area contributed by atoms with Gasteiger partial charge in [0, 0.05) is 24.1 Å². The van der Waals surface area contributed by atoms with Crippen molar-refractivity contribution in [1.82, 2.24) is 0 Å². The molecular formula is C23H28N2. The van der Waals surface area contributed by atoms with Crippen LogP contribution in [0.2, 0.25) is 0 Å². The number of hydrogen-bond donors (Lipinski definition) is 1. The number of rotatable bonds is 3. The van der Waals surface area contributed by atoms with Gasteiger partial charge in [0.15, 0.2) is 0 Å². The van der Waals surface area contributed by atoms with E-state index in [0.29, 0.717) is 5.41 Å². The number of nitrogens with two attached hydrogens (primary N) is 1. The minimum atomic E-state index is 0.493. The predicted molar refractivity (Wildman–Crippen MR) is 105 cm³/mol. The highest BCUT2D eigenvalue weighted by Crippen LogP contribution is 2.60. The molecule has 0 aromatic heterocycles. The summed E-state index contributed by atoms with van der Waals surface area (Å²) in [6.07, 6.45) is 8.84. The van der Waals surface area contributed by atoms with Gasteiger partial charge in [-0.15, -0.1) is 0 Å². The molecule has 0 aliphatic heterocycles. The van der Waals surface area contributed by atoms with Gasteiger partial charge in [-0.3, -0.25) is 0 Å². The lowest BCUT2D eigenvalue weighted by Crippen LogP contribution is -2.48. The molecule has 0 atom stereocenters. The molecule has 2 heteroatoms. The standard InChI is InChI=1S/C23H28N2/c1-25(22-8-4-20(24)5-9-22)21-6-2-19(3-7-21)23-13-16-10-17(14-23)12-18(11-16)15-23/h2-9,16-18H,10-15,24H2,1H3. The van der Waals surface area contributed by atoms with Crippen molar-refractivity contribution in [1.29, 1.82) is 0 Å². The Hall–Kier alpha value is -1.96. The van der Waals surface area contributed by atoms with E-state index in [0.717, 1.165) is 23.4 Å². The first-order chi connectivity index (χ1) is 12.1. The molecule has 0 saturated heterocycles. The van der Waals surface area contributed by atoms with Gasteiger partial charge in [0.1, 0.15) is 0 Å². The SMILES string of the molecule is CN(c1ccc(N)cc1)c1ccc(C23CC4CC(CC(C4)C2)C3)cc1. The van der Waals surface area contributed by atoms with Crippen LogP contribution in [-0.4, -0.2) is 7.05 Å². The van der Waals surface area contributed by atoms with Gasteiger partial charge in [0.05, 0.1) is 0 Å². The molecule has 4 fully saturated rings. The first-order valence-electron chi connectivity index (χ1n) is 9.81. The monoisotopic (exact) mass is 332 g/mol. The van der Waals surface area contributed by atoms with Crippen molar-refractivity contribution >= 4 is 17.1 Å². The first kappa shape index (κ1) is 15.3. The molecule has 0 spiro atoms.